The molecule has 4 nitrogen and oxygen atoms in total. The highest BCUT2D eigenvalue weighted by Gasteiger charge is 2.24. The van der Waals surface area contributed by atoms with Crippen molar-refractivity contribution in [3.05, 3.63) is 23.2 Å². The van der Waals surface area contributed by atoms with Crippen LogP contribution in [0, 0.1) is 5.92 Å². The van der Waals surface area contributed by atoms with Gasteiger partial charge in [-0.25, -0.2) is 0 Å². The summed E-state index contributed by atoms with van der Waals surface area (Å²) in [6, 6.07) is 5.31. The maximum absolute atomic E-state index is 12.4. The van der Waals surface area contributed by atoms with Gasteiger partial charge in [0.15, 0.2) is 5.75 Å². The molecule has 2 rings (SSSR count). The first-order chi connectivity index (χ1) is 11.0. The zero-order valence-corrected chi connectivity index (χ0v) is 14.9. The lowest BCUT2D eigenvalue weighted by atomic mass is 9.88. The molecular weight excluding hydrogens is 314 g/mol. The number of rotatable bonds is 6. The highest BCUT2D eigenvalue weighted by molar-refractivity contribution is 6.32. The summed E-state index contributed by atoms with van der Waals surface area (Å²) in [5.74, 6) is 0.997. The number of carbonyl (C=O) groups is 1. The summed E-state index contributed by atoms with van der Waals surface area (Å²) in [6.45, 7) is 6.39. The van der Waals surface area contributed by atoms with E-state index in [2.05, 4.69) is 12.2 Å². The van der Waals surface area contributed by atoms with Gasteiger partial charge in [0, 0.05) is 0 Å². The van der Waals surface area contributed by atoms with Crippen molar-refractivity contribution >= 4 is 23.2 Å². The summed E-state index contributed by atoms with van der Waals surface area (Å²) >= 11 is 6.14. The van der Waals surface area contributed by atoms with Gasteiger partial charge in [-0.15, -0.1) is 0 Å². The number of carbonyl (C=O) groups excluding carboxylic acids is 1. The number of benzene rings is 1. The molecule has 1 fully saturated rings. The molecule has 3 atom stereocenters. The number of para-hydroxylation sites is 1. The van der Waals surface area contributed by atoms with Crippen LogP contribution < -0.4 is 10.1 Å². The molecule has 128 valence electrons. The second-order valence-electron chi connectivity index (χ2n) is 6.21. The molecule has 1 aromatic rings. The number of ether oxygens (including phenoxy) is 2. The van der Waals surface area contributed by atoms with Crippen molar-refractivity contribution in [1.82, 2.24) is 0 Å². The smallest absolute Gasteiger partial charge is 0.253 e. The monoisotopic (exact) mass is 339 g/mol. The fourth-order valence-corrected chi connectivity index (χ4v) is 3.21. The summed E-state index contributed by atoms with van der Waals surface area (Å²) in [5, 5.41) is 3.35. The number of amides is 1. The van der Waals surface area contributed by atoms with E-state index in [1.807, 2.05) is 6.92 Å². The van der Waals surface area contributed by atoms with Gasteiger partial charge in [0.1, 0.15) is 6.10 Å². The van der Waals surface area contributed by atoms with Gasteiger partial charge in [-0.1, -0.05) is 37.4 Å². The van der Waals surface area contributed by atoms with E-state index in [4.69, 9.17) is 21.1 Å². The minimum absolute atomic E-state index is 0.172. The molecule has 0 aromatic heterocycles. The third-order valence-electron chi connectivity index (χ3n) is 4.17. The van der Waals surface area contributed by atoms with Crippen molar-refractivity contribution in [3.63, 3.8) is 0 Å². The Hall–Kier alpha value is -1.26. The molecule has 0 saturated heterocycles. The summed E-state index contributed by atoms with van der Waals surface area (Å²) < 4.78 is 11.5. The Morgan fingerprint density at radius 3 is 2.91 bits per heavy atom. The van der Waals surface area contributed by atoms with Crippen LogP contribution in [0.15, 0.2) is 18.2 Å². The molecule has 1 aromatic carbocycles. The van der Waals surface area contributed by atoms with Crippen LogP contribution in [0.5, 0.6) is 5.75 Å². The summed E-state index contributed by atoms with van der Waals surface area (Å²) in [7, 11) is 0. The third kappa shape index (κ3) is 5.11. The Kier molecular flexibility index (Phi) is 6.72. The van der Waals surface area contributed by atoms with Crippen LogP contribution in [0.1, 0.15) is 46.5 Å². The fraction of sp³-hybridized carbons (Fsp3) is 0.611. The van der Waals surface area contributed by atoms with Gasteiger partial charge < -0.3 is 14.8 Å². The third-order valence-corrected chi connectivity index (χ3v) is 4.47. The molecule has 1 aliphatic carbocycles. The van der Waals surface area contributed by atoms with Crippen molar-refractivity contribution in [2.24, 2.45) is 5.92 Å². The Morgan fingerprint density at radius 2 is 2.22 bits per heavy atom. The molecule has 1 aliphatic rings. The van der Waals surface area contributed by atoms with Gasteiger partial charge in [0.2, 0.25) is 0 Å². The average molecular weight is 340 g/mol. The Labute approximate surface area is 143 Å². The minimum atomic E-state index is -0.501. The van der Waals surface area contributed by atoms with E-state index in [9.17, 15) is 4.79 Å². The normalized spacial score (nSPS) is 22.4. The minimum Gasteiger partial charge on any atom is -0.490 e. The Morgan fingerprint density at radius 1 is 1.43 bits per heavy atom. The highest BCUT2D eigenvalue weighted by Crippen LogP contribution is 2.33. The van der Waals surface area contributed by atoms with Gasteiger partial charge in [0.25, 0.3) is 5.91 Å². The number of hydrogen-bond donors (Lipinski definition) is 1. The van der Waals surface area contributed by atoms with E-state index in [0.717, 1.165) is 12.8 Å². The van der Waals surface area contributed by atoms with Gasteiger partial charge in [0.05, 0.1) is 23.4 Å². The number of halogens is 1. The summed E-state index contributed by atoms with van der Waals surface area (Å²) in [4.78, 5) is 12.4. The largest absolute Gasteiger partial charge is 0.490 e. The SMILES string of the molecule is CCOc1c(Cl)cccc1NC(=O)C(C)OC1CCCC(C)C1. The van der Waals surface area contributed by atoms with Gasteiger partial charge in [-0.2, -0.15) is 0 Å². The molecule has 0 aliphatic heterocycles. The lowest BCUT2D eigenvalue weighted by Gasteiger charge is -2.29. The maximum atomic E-state index is 12.4. The first-order valence-corrected chi connectivity index (χ1v) is 8.76. The van der Waals surface area contributed by atoms with Crippen LogP contribution in [0.2, 0.25) is 5.02 Å². The maximum Gasteiger partial charge on any atom is 0.253 e. The molecule has 0 radical (unpaired) electrons. The molecule has 23 heavy (non-hydrogen) atoms. The van der Waals surface area contributed by atoms with Crippen LogP contribution in [-0.4, -0.2) is 24.7 Å². The lowest BCUT2D eigenvalue weighted by Crippen LogP contribution is -2.33. The van der Waals surface area contributed by atoms with Crippen molar-refractivity contribution in [2.75, 3.05) is 11.9 Å². The van der Waals surface area contributed by atoms with E-state index < -0.39 is 6.10 Å². The van der Waals surface area contributed by atoms with Gasteiger partial charge in [-0.3, -0.25) is 4.79 Å². The van der Waals surface area contributed by atoms with E-state index in [1.54, 1.807) is 25.1 Å². The van der Waals surface area contributed by atoms with E-state index >= 15 is 0 Å². The second-order valence-corrected chi connectivity index (χ2v) is 6.62. The van der Waals surface area contributed by atoms with Crippen LogP contribution in [-0.2, 0) is 9.53 Å². The molecule has 0 bridgehead atoms. The van der Waals surface area contributed by atoms with Gasteiger partial charge >= 0.3 is 0 Å². The summed E-state index contributed by atoms with van der Waals surface area (Å²) in [6.07, 6.45) is 4.15. The first-order valence-electron chi connectivity index (χ1n) is 8.38. The van der Waals surface area contributed by atoms with Crippen molar-refractivity contribution in [1.29, 1.82) is 0 Å². The number of anilines is 1. The van der Waals surface area contributed by atoms with E-state index in [-0.39, 0.29) is 12.0 Å². The average Bonchev–Trinajstić information content (AvgIpc) is 2.50. The van der Waals surface area contributed by atoms with Crippen molar-refractivity contribution in [3.8, 4) is 5.75 Å². The molecule has 0 heterocycles. The molecule has 3 unspecified atom stereocenters. The Bertz CT molecular complexity index is 535. The van der Waals surface area contributed by atoms with Crippen LogP contribution >= 0.6 is 11.6 Å². The predicted molar refractivity (Wildman–Crippen MR) is 93.2 cm³/mol. The fourth-order valence-electron chi connectivity index (χ4n) is 2.99. The Balaban J connectivity index is 1.97. The molecule has 0 spiro atoms. The zero-order chi connectivity index (χ0) is 16.8. The number of hydrogen-bond acceptors (Lipinski definition) is 3. The van der Waals surface area contributed by atoms with Crippen LogP contribution in [0.4, 0.5) is 5.69 Å². The molecule has 5 heteroatoms. The zero-order valence-electron chi connectivity index (χ0n) is 14.1. The van der Waals surface area contributed by atoms with Crippen molar-refractivity contribution < 1.29 is 14.3 Å². The molecule has 1 amide bonds. The first kappa shape index (κ1) is 18.1. The predicted octanol–water partition coefficient (Wildman–Crippen LogP) is 4.66. The van der Waals surface area contributed by atoms with Crippen molar-refractivity contribution in [2.45, 2.75) is 58.7 Å². The summed E-state index contributed by atoms with van der Waals surface area (Å²) in [5.41, 5.74) is 0.580. The second kappa shape index (κ2) is 8.55. The highest BCUT2D eigenvalue weighted by atomic mass is 35.5. The van der Waals surface area contributed by atoms with E-state index in [1.165, 1.54) is 12.8 Å². The van der Waals surface area contributed by atoms with Crippen LogP contribution in [0.3, 0.4) is 0 Å². The molecular formula is C18H26ClNO3. The van der Waals surface area contributed by atoms with E-state index in [0.29, 0.717) is 29.0 Å². The molecule has 1 N–H and O–H groups in total. The topological polar surface area (TPSA) is 47.6 Å². The lowest BCUT2D eigenvalue weighted by molar-refractivity contribution is -0.131. The molecule has 1 saturated carbocycles. The van der Waals surface area contributed by atoms with Crippen LogP contribution in [0.25, 0.3) is 0 Å². The quantitative estimate of drug-likeness (QED) is 0.819. The van der Waals surface area contributed by atoms with Gasteiger partial charge in [-0.05, 0) is 44.7 Å². The number of nitrogens with one attached hydrogen (secondary N) is 1. The standard InChI is InChI=1S/C18H26ClNO3/c1-4-22-17-15(19)9-6-10-16(17)20-18(21)13(3)23-14-8-5-7-12(2)11-14/h6,9-10,12-14H,4-5,7-8,11H2,1-3H3,(H,20,21).